The van der Waals surface area contributed by atoms with Gasteiger partial charge < -0.3 is 10.7 Å². The van der Waals surface area contributed by atoms with Crippen LogP contribution in [-0.2, 0) is 0 Å². The molecule has 3 N–H and O–H groups in total. The SMILES string of the molecule is NC1SC=C(C(F)(F)F)N1C(=O)c1ncc[nH]1. The van der Waals surface area contributed by atoms with Crippen molar-refractivity contribution in [2.75, 3.05) is 0 Å². The van der Waals surface area contributed by atoms with Crippen molar-refractivity contribution in [1.29, 1.82) is 0 Å². The van der Waals surface area contributed by atoms with E-state index in [-0.39, 0.29) is 5.82 Å². The van der Waals surface area contributed by atoms with Gasteiger partial charge in [0.05, 0.1) is 0 Å². The summed E-state index contributed by atoms with van der Waals surface area (Å²) in [7, 11) is 0. The number of nitrogens with two attached hydrogens (primary N) is 1. The zero-order valence-corrected chi connectivity index (χ0v) is 9.05. The lowest BCUT2D eigenvalue weighted by atomic mass is 10.4. The van der Waals surface area contributed by atoms with Gasteiger partial charge in [0, 0.05) is 17.8 Å². The molecule has 1 unspecified atom stereocenters. The van der Waals surface area contributed by atoms with Gasteiger partial charge in [-0.15, -0.1) is 0 Å². The van der Waals surface area contributed by atoms with E-state index in [1.165, 1.54) is 12.4 Å². The highest BCUT2D eigenvalue weighted by molar-refractivity contribution is 8.02. The highest BCUT2D eigenvalue weighted by Gasteiger charge is 2.46. The van der Waals surface area contributed by atoms with E-state index in [1.54, 1.807) is 0 Å². The number of carbonyl (C=O) groups excluding carboxylic acids is 1. The van der Waals surface area contributed by atoms with Crippen LogP contribution in [0.4, 0.5) is 13.2 Å². The molecular weight excluding hydrogens is 257 g/mol. The van der Waals surface area contributed by atoms with E-state index < -0.39 is 23.3 Å². The second kappa shape index (κ2) is 4.08. The molecule has 0 aromatic carbocycles. The Morgan fingerprint density at radius 3 is 2.82 bits per heavy atom. The fraction of sp³-hybridized carbons (Fsp3) is 0.250. The summed E-state index contributed by atoms with van der Waals surface area (Å²) in [5.74, 6) is -1.09. The standard InChI is InChI=1S/C8H7F3N4OS/c9-8(10,11)4-3-17-7(12)15(4)6(16)5-13-1-2-14-5/h1-3,7H,12H2,(H,13,14). The number of aromatic nitrogens is 2. The van der Waals surface area contributed by atoms with Crippen LogP contribution in [-0.4, -0.2) is 32.4 Å². The molecule has 2 heterocycles. The predicted octanol–water partition coefficient (Wildman–Crippen LogP) is 1.24. The number of H-pyrrole nitrogens is 1. The van der Waals surface area contributed by atoms with Crippen molar-refractivity contribution < 1.29 is 18.0 Å². The molecule has 1 aromatic rings. The van der Waals surface area contributed by atoms with Crippen LogP contribution in [0.25, 0.3) is 0 Å². The highest BCUT2D eigenvalue weighted by Crippen LogP contribution is 2.38. The summed E-state index contributed by atoms with van der Waals surface area (Å²) in [5.41, 5.74) is 3.28. The van der Waals surface area contributed by atoms with Crippen molar-refractivity contribution in [3.05, 3.63) is 29.3 Å². The molecule has 0 fully saturated rings. The quantitative estimate of drug-likeness (QED) is 0.800. The Morgan fingerprint density at radius 2 is 2.29 bits per heavy atom. The van der Waals surface area contributed by atoms with Gasteiger partial charge in [-0.05, 0) is 0 Å². The topological polar surface area (TPSA) is 75.0 Å². The lowest BCUT2D eigenvalue weighted by molar-refractivity contribution is -0.108. The largest absolute Gasteiger partial charge is 0.432 e. The number of carbonyl (C=O) groups is 1. The summed E-state index contributed by atoms with van der Waals surface area (Å²) in [6, 6.07) is 0. The maximum Gasteiger partial charge on any atom is 0.432 e. The Hall–Kier alpha value is -1.48. The second-order valence-electron chi connectivity index (χ2n) is 3.14. The van der Waals surface area contributed by atoms with E-state index in [0.717, 1.165) is 17.2 Å². The molecule has 0 bridgehead atoms. The number of hydrogen-bond acceptors (Lipinski definition) is 4. The molecule has 9 heteroatoms. The Balaban J connectivity index is 2.30. The maximum absolute atomic E-state index is 12.6. The van der Waals surface area contributed by atoms with E-state index in [9.17, 15) is 18.0 Å². The first-order chi connectivity index (χ1) is 7.91. The molecule has 1 amide bonds. The first-order valence-electron chi connectivity index (χ1n) is 4.42. The van der Waals surface area contributed by atoms with Gasteiger partial charge in [0.2, 0.25) is 0 Å². The van der Waals surface area contributed by atoms with Gasteiger partial charge in [0.1, 0.15) is 11.2 Å². The summed E-state index contributed by atoms with van der Waals surface area (Å²) in [6.45, 7) is 0. The van der Waals surface area contributed by atoms with Crippen molar-refractivity contribution in [1.82, 2.24) is 14.9 Å². The number of alkyl halides is 3. The minimum Gasteiger partial charge on any atom is -0.341 e. The van der Waals surface area contributed by atoms with E-state index in [1.807, 2.05) is 0 Å². The smallest absolute Gasteiger partial charge is 0.341 e. The number of nitrogens with one attached hydrogen (secondary N) is 1. The van der Waals surface area contributed by atoms with Crippen LogP contribution in [0.1, 0.15) is 10.6 Å². The zero-order chi connectivity index (χ0) is 12.6. The molecule has 17 heavy (non-hydrogen) atoms. The van der Waals surface area contributed by atoms with Gasteiger partial charge in [-0.2, -0.15) is 13.2 Å². The van der Waals surface area contributed by atoms with Crippen molar-refractivity contribution >= 4 is 17.7 Å². The fourth-order valence-corrected chi connectivity index (χ4v) is 2.16. The molecule has 92 valence electrons. The Morgan fingerprint density at radius 1 is 1.59 bits per heavy atom. The monoisotopic (exact) mass is 264 g/mol. The van der Waals surface area contributed by atoms with Gasteiger partial charge in [-0.25, -0.2) is 4.98 Å². The summed E-state index contributed by atoms with van der Waals surface area (Å²) < 4.78 is 37.9. The molecule has 1 aliphatic rings. The van der Waals surface area contributed by atoms with E-state index in [2.05, 4.69) is 9.97 Å². The molecule has 1 atom stereocenters. The highest BCUT2D eigenvalue weighted by atomic mass is 32.2. The van der Waals surface area contributed by atoms with Crippen LogP contribution in [0.2, 0.25) is 0 Å². The van der Waals surface area contributed by atoms with Crippen LogP contribution in [0, 0.1) is 0 Å². The number of halogens is 3. The Bertz CT molecular complexity index is 456. The molecule has 1 aliphatic heterocycles. The van der Waals surface area contributed by atoms with Gasteiger partial charge in [0.25, 0.3) is 5.91 Å². The van der Waals surface area contributed by atoms with Crippen molar-refractivity contribution in [3.63, 3.8) is 0 Å². The summed E-state index contributed by atoms with van der Waals surface area (Å²) in [4.78, 5) is 18.3. The number of thioether (sulfide) groups is 1. The van der Waals surface area contributed by atoms with Crippen molar-refractivity contribution in [2.24, 2.45) is 5.73 Å². The van der Waals surface area contributed by atoms with E-state index in [0.29, 0.717) is 4.90 Å². The summed E-state index contributed by atoms with van der Waals surface area (Å²) in [5, 5.41) is 0.825. The molecule has 0 saturated carbocycles. The lowest BCUT2D eigenvalue weighted by Gasteiger charge is -2.24. The molecule has 0 aliphatic carbocycles. The van der Waals surface area contributed by atoms with E-state index >= 15 is 0 Å². The second-order valence-corrected chi connectivity index (χ2v) is 4.13. The zero-order valence-electron chi connectivity index (χ0n) is 8.23. The third-order valence-electron chi connectivity index (χ3n) is 2.04. The minimum absolute atomic E-state index is 0.182. The molecule has 1 aromatic heterocycles. The molecule has 0 radical (unpaired) electrons. The maximum atomic E-state index is 12.6. The third kappa shape index (κ3) is 2.15. The lowest BCUT2D eigenvalue weighted by Crippen LogP contribution is -2.43. The van der Waals surface area contributed by atoms with Gasteiger partial charge in [0.15, 0.2) is 5.82 Å². The molecule has 0 spiro atoms. The number of amides is 1. The first kappa shape index (κ1) is 12.0. The van der Waals surface area contributed by atoms with Crippen LogP contribution in [0.15, 0.2) is 23.5 Å². The average Bonchev–Trinajstić information content (AvgIpc) is 2.83. The predicted molar refractivity (Wildman–Crippen MR) is 54.5 cm³/mol. The third-order valence-corrected chi connectivity index (χ3v) is 2.89. The average molecular weight is 264 g/mol. The fourth-order valence-electron chi connectivity index (χ4n) is 1.31. The molecule has 0 saturated heterocycles. The Labute approximate surface area is 97.9 Å². The molecule has 2 rings (SSSR count). The number of allylic oxidation sites excluding steroid dienone is 1. The minimum atomic E-state index is -4.62. The van der Waals surface area contributed by atoms with Gasteiger partial charge in [-0.1, -0.05) is 11.8 Å². The first-order valence-corrected chi connectivity index (χ1v) is 5.37. The Kier molecular flexibility index (Phi) is 2.87. The number of rotatable bonds is 1. The normalized spacial score (nSPS) is 20.6. The number of nitrogens with zero attached hydrogens (tertiary/aromatic N) is 2. The number of aromatic amines is 1. The molecular formula is C8H7F3N4OS. The van der Waals surface area contributed by atoms with Crippen LogP contribution in [0.5, 0.6) is 0 Å². The van der Waals surface area contributed by atoms with Gasteiger partial charge >= 0.3 is 6.18 Å². The molecule has 5 nitrogen and oxygen atoms in total. The van der Waals surface area contributed by atoms with Crippen molar-refractivity contribution in [3.8, 4) is 0 Å². The van der Waals surface area contributed by atoms with Crippen LogP contribution < -0.4 is 5.73 Å². The summed E-state index contributed by atoms with van der Waals surface area (Å²) in [6.07, 6.45) is -2.00. The number of hydrogen-bond donors (Lipinski definition) is 2. The van der Waals surface area contributed by atoms with E-state index in [4.69, 9.17) is 5.73 Å². The van der Waals surface area contributed by atoms with Crippen LogP contribution in [0.3, 0.4) is 0 Å². The number of imidazole rings is 1. The van der Waals surface area contributed by atoms with Crippen LogP contribution >= 0.6 is 11.8 Å². The van der Waals surface area contributed by atoms with Gasteiger partial charge in [-0.3, -0.25) is 9.69 Å². The van der Waals surface area contributed by atoms with Crippen molar-refractivity contribution in [2.45, 2.75) is 11.7 Å². The summed E-state index contributed by atoms with van der Waals surface area (Å²) >= 11 is 0.725.